The first-order valence-electron chi connectivity index (χ1n) is 7.49. The van der Waals surface area contributed by atoms with Crippen molar-refractivity contribution >= 4 is 17.2 Å². The Balaban J connectivity index is 1.77. The Morgan fingerprint density at radius 2 is 2.00 bits per heavy atom. The van der Waals surface area contributed by atoms with E-state index >= 15 is 0 Å². The second-order valence-electron chi connectivity index (χ2n) is 5.91. The smallest absolute Gasteiger partial charge is 0.182 e. The Bertz CT molecular complexity index is 697. The molecule has 1 fully saturated rings. The number of hydrazine groups is 1. The third-order valence-corrected chi connectivity index (χ3v) is 4.20. The highest BCUT2D eigenvalue weighted by molar-refractivity contribution is 5.71. The number of anilines is 2. The van der Waals surface area contributed by atoms with E-state index in [1.807, 2.05) is 16.9 Å². The second-order valence-corrected chi connectivity index (χ2v) is 5.91. The molecule has 110 valence electrons. The van der Waals surface area contributed by atoms with Crippen molar-refractivity contribution in [2.75, 3.05) is 36.6 Å². The van der Waals surface area contributed by atoms with Crippen LogP contribution in [0.3, 0.4) is 0 Å². The van der Waals surface area contributed by atoms with Gasteiger partial charge < -0.3 is 4.90 Å². The molecule has 0 bridgehead atoms. The fourth-order valence-corrected chi connectivity index (χ4v) is 3.17. The molecule has 0 unspecified atom stereocenters. The first-order valence-corrected chi connectivity index (χ1v) is 7.49. The normalized spacial score (nSPS) is 19.8. The minimum atomic E-state index is 0.914. The maximum atomic E-state index is 4.85. The molecule has 0 atom stereocenters. The molecule has 21 heavy (non-hydrogen) atoms. The molecule has 0 radical (unpaired) electrons. The zero-order valence-electron chi connectivity index (χ0n) is 12.5. The minimum Gasteiger partial charge on any atom is -0.356 e. The Labute approximate surface area is 124 Å². The monoisotopic (exact) mass is 284 g/mol. The molecule has 2 aliphatic rings. The average Bonchev–Trinajstić information content (AvgIpc) is 3.18. The van der Waals surface area contributed by atoms with Crippen LogP contribution in [0.25, 0.3) is 5.65 Å². The Morgan fingerprint density at radius 1 is 1.19 bits per heavy atom. The van der Waals surface area contributed by atoms with Gasteiger partial charge in [-0.15, -0.1) is 0 Å². The summed E-state index contributed by atoms with van der Waals surface area (Å²) < 4.78 is 1.85. The molecule has 0 aliphatic carbocycles. The third-order valence-electron chi connectivity index (χ3n) is 4.20. The van der Waals surface area contributed by atoms with Crippen LogP contribution in [0.5, 0.6) is 0 Å². The molecule has 4 rings (SSSR count). The third kappa shape index (κ3) is 2.06. The first-order chi connectivity index (χ1) is 10.2. The fraction of sp³-hybridized carbons (Fsp3) is 0.467. The van der Waals surface area contributed by atoms with E-state index in [1.54, 1.807) is 0 Å². The molecule has 0 aromatic carbocycles. The second kappa shape index (κ2) is 4.73. The van der Waals surface area contributed by atoms with Gasteiger partial charge in [0.2, 0.25) is 0 Å². The van der Waals surface area contributed by atoms with Crippen LogP contribution in [-0.4, -0.2) is 46.3 Å². The summed E-state index contributed by atoms with van der Waals surface area (Å²) in [4.78, 5) is 7.20. The van der Waals surface area contributed by atoms with Crippen molar-refractivity contribution < 1.29 is 0 Å². The maximum Gasteiger partial charge on any atom is 0.182 e. The van der Waals surface area contributed by atoms with Crippen LogP contribution in [0.1, 0.15) is 19.8 Å². The van der Waals surface area contributed by atoms with Crippen molar-refractivity contribution in [2.45, 2.75) is 19.8 Å². The van der Waals surface area contributed by atoms with Crippen molar-refractivity contribution in [3.63, 3.8) is 0 Å². The van der Waals surface area contributed by atoms with Gasteiger partial charge in [-0.1, -0.05) is 0 Å². The van der Waals surface area contributed by atoms with Gasteiger partial charge in [0.15, 0.2) is 5.65 Å². The summed E-state index contributed by atoms with van der Waals surface area (Å²) in [6.07, 6.45) is 8.57. The van der Waals surface area contributed by atoms with Gasteiger partial charge in [-0.3, -0.25) is 5.01 Å². The quantitative estimate of drug-likeness (QED) is 0.842. The molecule has 0 amide bonds. The largest absolute Gasteiger partial charge is 0.356 e. The van der Waals surface area contributed by atoms with E-state index in [9.17, 15) is 0 Å². The number of hydrogen-bond acceptors (Lipinski definition) is 5. The van der Waals surface area contributed by atoms with E-state index < -0.39 is 0 Å². The van der Waals surface area contributed by atoms with E-state index in [2.05, 4.69) is 46.3 Å². The molecule has 0 N–H and O–H groups in total. The first kappa shape index (κ1) is 12.6. The SMILES string of the molecule is CC1=CN(c2cnn3ccc(N4CCCC4)nc23)N(C)C1. The number of nitrogens with zero attached hydrogens (tertiary/aromatic N) is 6. The summed E-state index contributed by atoms with van der Waals surface area (Å²) in [6, 6.07) is 2.06. The molecule has 6 nitrogen and oxygen atoms in total. The fourth-order valence-electron chi connectivity index (χ4n) is 3.17. The van der Waals surface area contributed by atoms with Crippen molar-refractivity contribution in [2.24, 2.45) is 0 Å². The van der Waals surface area contributed by atoms with Crippen molar-refractivity contribution in [1.29, 1.82) is 0 Å². The lowest BCUT2D eigenvalue weighted by atomic mass is 10.3. The molecule has 6 heteroatoms. The zero-order valence-corrected chi connectivity index (χ0v) is 12.5. The van der Waals surface area contributed by atoms with Crippen LogP contribution in [0.2, 0.25) is 0 Å². The molecular weight excluding hydrogens is 264 g/mol. The van der Waals surface area contributed by atoms with Gasteiger partial charge in [-0.05, 0) is 31.4 Å². The summed E-state index contributed by atoms with van der Waals surface area (Å²) in [5.74, 6) is 1.06. The van der Waals surface area contributed by atoms with Crippen LogP contribution in [0, 0.1) is 0 Å². The Kier molecular flexibility index (Phi) is 2.85. The topological polar surface area (TPSA) is 39.9 Å². The van der Waals surface area contributed by atoms with Crippen molar-refractivity contribution in [3.05, 3.63) is 30.2 Å². The highest BCUT2D eigenvalue weighted by atomic mass is 15.6. The summed E-state index contributed by atoms with van der Waals surface area (Å²) in [6.45, 7) is 5.30. The predicted octanol–water partition coefficient (Wildman–Crippen LogP) is 1.90. The van der Waals surface area contributed by atoms with Gasteiger partial charge in [0.25, 0.3) is 0 Å². The standard InChI is InChI=1S/C15H20N6/c1-12-10-18(2)21(11-12)13-9-16-20-8-5-14(17-15(13)20)19-6-3-4-7-19/h5,8-9,11H,3-4,6-7,10H2,1-2H3. The molecule has 1 saturated heterocycles. The van der Waals surface area contributed by atoms with Gasteiger partial charge in [-0.2, -0.15) is 5.10 Å². The molecule has 4 heterocycles. The number of hydrogen-bond donors (Lipinski definition) is 0. The number of rotatable bonds is 2. The Morgan fingerprint density at radius 3 is 2.71 bits per heavy atom. The molecule has 0 spiro atoms. The number of aromatic nitrogens is 3. The van der Waals surface area contributed by atoms with Crippen LogP contribution in [0.15, 0.2) is 30.2 Å². The van der Waals surface area contributed by atoms with Crippen LogP contribution in [0.4, 0.5) is 11.5 Å². The molecular formula is C15H20N6. The molecule has 2 aromatic heterocycles. The van der Waals surface area contributed by atoms with Crippen LogP contribution < -0.4 is 9.91 Å². The van der Waals surface area contributed by atoms with Gasteiger partial charge in [-0.25, -0.2) is 14.5 Å². The number of fused-ring (bicyclic) bond motifs is 1. The van der Waals surface area contributed by atoms with E-state index in [-0.39, 0.29) is 0 Å². The highest BCUT2D eigenvalue weighted by Crippen LogP contribution is 2.27. The summed E-state index contributed by atoms with van der Waals surface area (Å²) in [5, 5.41) is 8.74. The van der Waals surface area contributed by atoms with Crippen LogP contribution >= 0.6 is 0 Å². The molecule has 2 aliphatic heterocycles. The van der Waals surface area contributed by atoms with Gasteiger partial charge in [0.1, 0.15) is 11.5 Å². The lowest BCUT2D eigenvalue weighted by Gasteiger charge is -2.23. The lowest BCUT2D eigenvalue weighted by Crippen LogP contribution is -2.31. The predicted molar refractivity (Wildman–Crippen MR) is 83.3 cm³/mol. The summed E-state index contributed by atoms with van der Waals surface area (Å²) in [7, 11) is 2.08. The maximum absolute atomic E-state index is 4.85. The van der Waals surface area contributed by atoms with Gasteiger partial charge in [0.05, 0.1) is 6.20 Å². The highest BCUT2D eigenvalue weighted by Gasteiger charge is 2.22. The van der Waals surface area contributed by atoms with E-state index in [0.717, 1.165) is 36.8 Å². The van der Waals surface area contributed by atoms with E-state index in [0.29, 0.717) is 0 Å². The van der Waals surface area contributed by atoms with Crippen molar-refractivity contribution in [3.8, 4) is 0 Å². The van der Waals surface area contributed by atoms with Crippen molar-refractivity contribution in [1.82, 2.24) is 19.6 Å². The summed E-state index contributed by atoms with van der Waals surface area (Å²) in [5.41, 5.74) is 3.29. The Hall–Kier alpha value is -2.08. The van der Waals surface area contributed by atoms with Crippen LogP contribution in [-0.2, 0) is 0 Å². The lowest BCUT2D eigenvalue weighted by molar-refractivity contribution is 0.393. The average molecular weight is 284 g/mol. The number of likely N-dealkylation sites (N-methyl/N-ethyl adjacent to an activating group) is 1. The molecule has 2 aromatic rings. The zero-order chi connectivity index (χ0) is 14.4. The summed E-state index contributed by atoms with van der Waals surface area (Å²) >= 11 is 0. The van der Waals surface area contributed by atoms with E-state index in [1.165, 1.54) is 18.4 Å². The minimum absolute atomic E-state index is 0.914. The van der Waals surface area contributed by atoms with E-state index in [4.69, 9.17) is 4.98 Å². The van der Waals surface area contributed by atoms with Gasteiger partial charge in [0, 0.05) is 39.1 Å². The molecule has 0 saturated carbocycles. The van der Waals surface area contributed by atoms with Gasteiger partial charge >= 0.3 is 0 Å².